The molecule has 0 unspecified atom stereocenters. The van der Waals surface area contributed by atoms with Gasteiger partial charge in [0.15, 0.2) is 11.5 Å². The van der Waals surface area contributed by atoms with Crippen LogP contribution in [-0.2, 0) is 6.42 Å². The maximum absolute atomic E-state index is 12.7. The molecule has 34 heavy (non-hydrogen) atoms. The van der Waals surface area contributed by atoms with Gasteiger partial charge in [-0.05, 0) is 42.0 Å². The third-order valence-electron chi connectivity index (χ3n) is 6.15. The normalized spacial score (nSPS) is 14.4. The molecule has 5 rings (SSSR count). The van der Waals surface area contributed by atoms with Gasteiger partial charge in [0.25, 0.3) is 5.91 Å². The summed E-state index contributed by atoms with van der Waals surface area (Å²) in [5, 5.41) is 3.80. The largest absolute Gasteiger partial charge is 0.440 e. The minimum Gasteiger partial charge on any atom is -0.440 e. The Morgan fingerprint density at radius 2 is 1.79 bits per heavy atom. The summed E-state index contributed by atoms with van der Waals surface area (Å²) in [4.78, 5) is 22.0. The lowest BCUT2D eigenvalue weighted by atomic mass is 10.1. The first-order valence-electron chi connectivity index (χ1n) is 11.6. The van der Waals surface area contributed by atoms with Crippen molar-refractivity contribution in [2.75, 3.05) is 44.2 Å². The molecule has 3 aromatic carbocycles. The van der Waals surface area contributed by atoms with Gasteiger partial charge in [0.1, 0.15) is 5.52 Å². The second-order valence-corrected chi connectivity index (χ2v) is 8.95. The van der Waals surface area contributed by atoms with Crippen LogP contribution < -0.4 is 10.2 Å². The number of hydrogen-bond donors (Lipinski definition) is 1. The number of anilines is 1. The quantitative estimate of drug-likeness (QED) is 0.423. The molecule has 1 amide bonds. The zero-order valence-electron chi connectivity index (χ0n) is 18.9. The van der Waals surface area contributed by atoms with E-state index in [4.69, 9.17) is 16.0 Å². The molecule has 0 aliphatic carbocycles. The smallest absolute Gasteiger partial charge is 0.251 e. The Morgan fingerprint density at radius 3 is 2.59 bits per heavy atom. The van der Waals surface area contributed by atoms with Crippen molar-refractivity contribution in [1.29, 1.82) is 0 Å². The minimum absolute atomic E-state index is 0.0968. The van der Waals surface area contributed by atoms with Gasteiger partial charge in [0.2, 0.25) is 0 Å². The molecule has 1 fully saturated rings. The number of amides is 1. The molecule has 0 saturated carbocycles. The van der Waals surface area contributed by atoms with Crippen LogP contribution in [0.5, 0.6) is 0 Å². The summed E-state index contributed by atoms with van der Waals surface area (Å²) in [7, 11) is 0. The van der Waals surface area contributed by atoms with Gasteiger partial charge in [-0.3, -0.25) is 9.69 Å². The summed E-state index contributed by atoms with van der Waals surface area (Å²) >= 11 is 6.12. The van der Waals surface area contributed by atoms with E-state index >= 15 is 0 Å². The maximum atomic E-state index is 12.7. The number of nitrogens with zero attached hydrogens (tertiary/aromatic N) is 3. The first-order valence-corrected chi connectivity index (χ1v) is 12.0. The van der Waals surface area contributed by atoms with Crippen LogP contribution in [0.4, 0.5) is 5.69 Å². The molecular weight excluding hydrogens is 448 g/mol. The Balaban J connectivity index is 1.11. The third kappa shape index (κ3) is 5.41. The van der Waals surface area contributed by atoms with E-state index in [0.717, 1.165) is 54.5 Å². The van der Waals surface area contributed by atoms with E-state index in [1.165, 1.54) is 0 Å². The molecule has 1 N–H and O–H groups in total. The Labute approximate surface area is 204 Å². The van der Waals surface area contributed by atoms with Crippen molar-refractivity contribution in [3.63, 3.8) is 0 Å². The molecule has 1 aliphatic heterocycles. The summed E-state index contributed by atoms with van der Waals surface area (Å²) in [6.45, 7) is 5.22. The van der Waals surface area contributed by atoms with Gasteiger partial charge >= 0.3 is 0 Å². The number of carbonyl (C=O) groups is 1. The number of aromatic nitrogens is 1. The monoisotopic (exact) mass is 474 g/mol. The van der Waals surface area contributed by atoms with Crippen molar-refractivity contribution < 1.29 is 9.21 Å². The van der Waals surface area contributed by atoms with Crippen LogP contribution in [-0.4, -0.2) is 55.1 Å². The number of oxazole rings is 1. The number of fused-ring (bicyclic) bond motifs is 1. The van der Waals surface area contributed by atoms with Crippen molar-refractivity contribution in [1.82, 2.24) is 15.2 Å². The standard InChI is InChI=1S/C27H27ClN4O2/c28-22-7-4-8-23(19-22)32-15-13-31(14-16-32)12-11-29-27(33)21-9-10-24-25(18-21)34-26(30-24)17-20-5-2-1-3-6-20/h1-10,18-19H,11-17H2,(H,29,33). The molecule has 1 aromatic heterocycles. The molecular formula is C27H27ClN4O2. The van der Waals surface area contributed by atoms with Crippen LogP contribution in [0.2, 0.25) is 5.02 Å². The van der Waals surface area contributed by atoms with Crippen molar-refractivity contribution in [3.8, 4) is 0 Å². The molecule has 0 spiro atoms. The lowest BCUT2D eigenvalue weighted by Gasteiger charge is -2.36. The predicted molar refractivity (Wildman–Crippen MR) is 136 cm³/mol. The fourth-order valence-corrected chi connectivity index (χ4v) is 4.48. The van der Waals surface area contributed by atoms with Crippen LogP contribution in [0.25, 0.3) is 11.1 Å². The zero-order chi connectivity index (χ0) is 23.3. The van der Waals surface area contributed by atoms with E-state index in [9.17, 15) is 4.79 Å². The highest BCUT2D eigenvalue weighted by Gasteiger charge is 2.18. The average Bonchev–Trinajstić information content (AvgIpc) is 3.26. The van der Waals surface area contributed by atoms with E-state index in [1.807, 2.05) is 54.6 Å². The third-order valence-corrected chi connectivity index (χ3v) is 6.39. The van der Waals surface area contributed by atoms with Gasteiger partial charge in [-0.1, -0.05) is 48.0 Å². The average molecular weight is 475 g/mol. The summed E-state index contributed by atoms with van der Waals surface area (Å²) in [5.74, 6) is 0.552. The summed E-state index contributed by atoms with van der Waals surface area (Å²) in [5.41, 5.74) is 4.28. The first-order chi connectivity index (χ1) is 16.6. The van der Waals surface area contributed by atoms with Crippen LogP contribution in [0.15, 0.2) is 77.2 Å². The molecule has 0 atom stereocenters. The Kier molecular flexibility index (Phi) is 6.79. The molecule has 0 radical (unpaired) electrons. The zero-order valence-corrected chi connectivity index (χ0v) is 19.7. The molecule has 174 valence electrons. The van der Waals surface area contributed by atoms with Gasteiger partial charge < -0.3 is 14.6 Å². The molecule has 0 bridgehead atoms. The lowest BCUT2D eigenvalue weighted by Crippen LogP contribution is -2.48. The fourth-order valence-electron chi connectivity index (χ4n) is 4.29. The molecule has 6 nitrogen and oxygen atoms in total. The number of piperazine rings is 1. The van der Waals surface area contributed by atoms with Crippen molar-refractivity contribution in [2.24, 2.45) is 0 Å². The van der Waals surface area contributed by atoms with E-state index in [-0.39, 0.29) is 5.91 Å². The summed E-state index contributed by atoms with van der Waals surface area (Å²) < 4.78 is 5.90. The molecule has 4 aromatic rings. The van der Waals surface area contributed by atoms with Crippen LogP contribution >= 0.6 is 11.6 Å². The van der Waals surface area contributed by atoms with E-state index in [2.05, 4.69) is 26.2 Å². The van der Waals surface area contributed by atoms with Crippen molar-refractivity contribution >= 4 is 34.3 Å². The Morgan fingerprint density at radius 1 is 0.971 bits per heavy atom. The highest BCUT2D eigenvalue weighted by molar-refractivity contribution is 6.30. The topological polar surface area (TPSA) is 61.6 Å². The van der Waals surface area contributed by atoms with Gasteiger partial charge in [-0.15, -0.1) is 0 Å². The number of halogens is 1. The Bertz CT molecular complexity index is 1270. The van der Waals surface area contributed by atoms with Gasteiger partial charge in [0.05, 0.1) is 0 Å². The number of nitrogens with one attached hydrogen (secondary N) is 1. The molecule has 7 heteroatoms. The number of carbonyl (C=O) groups excluding carboxylic acids is 1. The lowest BCUT2D eigenvalue weighted by molar-refractivity contribution is 0.0948. The highest BCUT2D eigenvalue weighted by Crippen LogP contribution is 2.21. The van der Waals surface area contributed by atoms with Crippen molar-refractivity contribution in [3.05, 3.63) is 94.8 Å². The SMILES string of the molecule is O=C(NCCN1CCN(c2cccc(Cl)c2)CC1)c1ccc2nc(Cc3ccccc3)oc2c1. The second kappa shape index (κ2) is 10.3. The van der Waals surface area contributed by atoms with E-state index in [1.54, 1.807) is 12.1 Å². The highest BCUT2D eigenvalue weighted by atomic mass is 35.5. The van der Waals surface area contributed by atoms with E-state index < -0.39 is 0 Å². The summed E-state index contributed by atoms with van der Waals surface area (Å²) in [6, 6.07) is 23.5. The summed E-state index contributed by atoms with van der Waals surface area (Å²) in [6.07, 6.45) is 0.627. The molecule has 2 heterocycles. The van der Waals surface area contributed by atoms with Gasteiger partial charge in [0, 0.05) is 62.0 Å². The van der Waals surface area contributed by atoms with E-state index in [0.29, 0.717) is 30.0 Å². The number of hydrogen-bond acceptors (Lipinski definition) is 5. The van der Waals surface area contributed by atoms with Crippen LogP contribution in [0.3, 0.4) is 0 Å². The number of benzene rings is 3. The van der Waals surface area contributed by atoms with Crippen LogP contribution in [0.1, 0.15) is 21.8 Å². The first kappa shape index (κ1) is 22.4. The Hall–Kier alpha value is -3.35. The molecule has 1 aliphatic rings. The maximum Gasteiger partial charge on any atom is 0.251 e. The van der Waals surface area contributed by atoms with Crippen LogP contribution in [0, 0.1) is 0 Å². The molecule has 1 saturated heterocycles. The second-order valence-electron chi connectivity index (χ2n) is 8.52. The predicted octanol–water partition coefficient (Wildman–Crippen LogP) is 4.62. The minimum atomic E-state index is -0.0968. The van der Waals surface area contributed by atoms with Gasteiger partial charge in [-0.2, -0.15) is 0 Å². The van der Waals surface area contributed by atoms with Gasteiger partial charge in [-0.25, -0.2) is 4.98 Å². The van der Waals surface area contributed by atoms with Crippen molar-refractivity contribution in [2.45, 2.75) is 6.42 Å². The number of rotatable bonds is 7. The fraction of sp³-hybridized carbons (Fsp3) is 0.259.